The van der Waals surface area contributed by atoms with E-state index in [2.05, 4.69) is 53.3 Å². The quantitative estimate of drug-likeness (QED) is 0.502. The molecule has 0 saturated heterocycles. The van der Waals surface area contributed by atoms with E-state index in [9.17, 15) is 0 Å². The Morgan fingerprint density at radius 3 is 2.48 bits per heavy atom. The molecule has 2 nitrogen and oxygen atoms in total. The largest absolute Gasteiger partial charge is 0.497 e. The summed E-state index contributed by atoms with van der Waals surface area (Å²) in [6.45, 7) is 5.55. The Kier molecular flexibility index (Phi) is 9.77. The topological polar surface area (TPSA) is 21.3 Å². The number of rotatable bonds is 11. The Balaban J connectivity index is 2.63. The van der Waals surface area contributed by atoms with Gasteiger partial charge in [0.25, 0.3) is 0 Å². The molecule has 0 saturated carbocycles. The summed E-state index contributed by atoms with van der Waals surface area (Å²) in [5.74, 6) is 0.905. The average molecular weight is 356 g/mol. The summed E-state index contributed by atoms with van der Waals surface area (Å²) in [7, 11) is 1.71. The van der Waals surface area contributed by atoms with Crippen molar-refractivity contribution in [3.63, 3.8) is 0 Å². The molecule has 1 aromatic carbocycles. The summed E-state index contributed by atoms with van der Waals surface area (Å²) in [5, 5.41) is 3.68. The maximum Gasteiger partial charge on any atom is 0.120 e. The highest BCUT2D eigenvalue weighted by Crippen LogP contribution is 2.30. The minimum atomic E-state index is 0.437. The molecule has 0 radical (unpaired) electrons. The molecule has 1 rings (SSSR count). The van der Waals surface area contributed by atoms with Gasteiger partial charge in [0.2, 0.25) is 0 Å². The second-order valence-corrected chi connectivity index (χ2v) is 6.45. The lowest BCUT2D eigenvalue weighted by atomic mass is 9.99. The predicted octanol–water partition coefficient (Wildman–Crippen LogP) is 5.86. The van der Waals surface area contributed by atoms with Gasteiger partial charge in [0.15, 0.2) is 0 Å². The molecule has 3 heteroatoms. The molecule has 120 valence electrons. The SMILES string of the molecule is CCCCCCCC(NCCC)c1ccc(OC)cc1Br. The van der Waals surface area contributed by atoms with Crippen molar-refractivity contribution >= 4 is 15.9 Å². The van der Waals surface area contributed by atoms with Crippen LogP contribution in [-0.2, 0) is 0 Å². The molecule has 0 aliphatic carbocycles. The standard InChI is InChI=1S/C18H30BrNO/c1-4-6-7-8-9-10-18(20-13-5-2)16-12-11-15(21-3)14-17(16)19/h11-12,14,18,20H,4-10,13H2,1-3H3. The molecule has 0 spiro atoms. The second-order valence-electron chi connectivity index (χ2n) is 5.60. The molecule has 0 heterocycles. The van der Waals surface area contributed by atoms with E-state index in [1.54, 1.807) is 7.11 Å². The number of methoxy groups -OCH3 is 1. The van der Waals surface area contributed by atoms with Gasteiger partial charge in [-0.25, -0.2) is 0 Å². The molecule has 1 atom stereocenters. The number of hydrogen-bond donors (Lipinski definition) is 1. The Morgan fingerprint density at radius 1 is 1.10 bits per heavy atom. The number of nitrogens with one attached hydrogen (secondary N) is 1. The summed E-state index contributed by atoms with van der Waals surface area (Å²) in [6, 6.07) is 6.74. The molecule has 1 unspecified atom stereocenters. The lowest BCUT2D eigenvalue weighted by Crippen LogP contribution is -2.22. The normalized spacial score (nSPS) is 12.4. The zero-order chi connectivity index (χ0) is 15.5. The van der Waals surface area contributed by atoms with Gasteiger partial charge in [0.05, 0.1) is 7.11 Å². The van der Waals surface area contributed by atoms with Gasteiger partial charge in [-0.2, -0.15) is 0 Å². The summed E-state index contributed by atoms with van der Waals surface area (Å²) in [4.78, 5) is 0. The third-order valence-corrected chi connectivity index (χ3v) is 4.51. The van der Waals surface area contributed by atoms with E-state index < -0.39 is 0 Å². The van der Waals surface area contributed by atoms with Gasteiger partial charge in [-0.05, 0) is 37.1 Å². The van der Waals surface area contributed by atoms with Crippen molar-refractivity contribution in [1.82, 2.24) is 5.32 Å². The van der Waals surface area contributed by atoms with Crippen molar-refractivity contribution in [2.75, 3.05) is 13.7 Å². The van der Waals surface area contributed by atoms with Crippen LogP contribution in [0.1, 0.15) is 70.4 Å². The molecule has 0 aliphatic heterocycles. The van der Waals surface area contributed by atoms with E-state index >= 15 is 0 Å². The maximum absolute atomic E-state index is 5.29. The minimum Gasteiger partial charge on any atom is -0.497 e. The predicted molar refractivity (Wildman–Crippen MR) is 95.1 cm³/mol. The van der Waals surface area contributed by atoms with Crippen LogP contribution < -0.4 is 10.1 Å². The fraction of sp³-hybridized carbons (Fsp3) is 0.667. The van der Waals surface area contributed by atoms with Crippen LogP contribution >= 0.6 is 15.9 Å². The highest BCUT2D eigenvalue weighted by atomic mass is 79.9. The Bertz CT molecular complexity index is 395. The van der Waals surface area contributed by atoms with Crippen LogP contribution in [0.4, 0.5) is 0 Å². The highest BCUT2D eigenvalue weighted by molar-refractivity contribution is 9.10. The van der Waals surface area contributed by atoms with Gasteiger partial charge in [0.1, 0.15) is 5.75 Å². The molecule has 0 aromatic heterocycles. The molecule has 0 aliphatic rings. The highest BCUT2D eigenvalue weighted by Gasteiger charge is 2.14. The third-order valence-electron chi connectivity index (χ3n) is 3.82. The third kappa shape index (κ3) is 6.84. The first-order valence-corrected chi connectivity index (χ1v) is 9.09. The zero-order valence-corrected chi connectivity index (χ0v) is 15.3. The van der Waals surface area contributed by atoms with Gasteiger partial charge in [-0.15, -0.1) is 0 Å². The number of halogens is 1. The lowest BCUT2D eigenvalue weighted by Gasteiger charge is -2.21. The number of unbranched alkanes of at least 4 members (excludes halogenated alkanes) is 4. The van der Waals surface area contributed by atoms with E-state index in [1.165, 1.54) is 50.5 Å². The van der Waals surface area contributed by atoms with Crippen molar-refractivity contribution in [2.24, 2.45) is 0 Å². The van der Waals surface area contributed by atoms with E-state index in [4.69, 9.17) is 4.74 Å². The van der Waals surface area contributed by atoms with Crippen molar-refractivity contribution in [2.45, 2.75) is 64.8 Å². The first-order chi connectivity index (χ1) is 10.2. The van der Waals surface area contributed by atoms with Crippen LogP contribution in [0.15, 0.2) is 22.7 Å². The number of benzene rings is 1. The maximum atomic E-state index is 5.29. The van der Waals surface area contributed by atoms with Gasteiger partial charge in [-0.1, -0.05) is 67.9 Å². The van der Waals surface area contributed by atoms with Gasteiger partial charge >= 0.3 is 0 Å². The Hall–Kier alpha value is -0.540. The van der Waals surface area contributed by atoms with Crippen molar-refractivity contribution in [3.05, 3.63) is 28.2 Å². The number of ether oxygens (including phenoxy) is 1. The zero-order valence-electron chi connectivity index (χ0n) is 13.8. The Morgan fingerprint density at radius 2 is 1.86 bits per heavy atom. The van der Waals surface area contributed by atoms with E-state index in [0.29, 0.717) is 6.04 Å². The summed E-state index contributed by atoms with van der Waals surface area (Å²) in [5.41, 5.74) is 1.35. The van der Waals surface area contributed by atoms with Gasteiger partial charge in [-0.3, -0.25) is 0 Å². The van der Waals surface area contributed by atoms with Crippen molar-refractivity contribution in [3.8, 4) is 5.75 Å². The average Bonchev–Trinajstić information content (AvgIpc) is 2.50. The first kappa shape index (κ1) is 18.5. The lowest BCUT2D eigenvalue weighted by molar-refractivity contribution is 0.413. The van der Waals surface area contributed by atoms with Crippen LogP contribution in [0.3, 0.4) is 0 Å². The fourth-order valence-electron chi connectivity index (χ4n) is 2.56. The van der Waals surface area contributed by atoms with Gasteiger partial charge in [0, 0.05) is 10.5 Å². The van der Waals surface area contributed by atoms with Gasteiger partial charge < -0.3 is 10.1 Å². The van der Waals surface area contributed by atoms with Crippen LogP contribution in [0.2, 0.25) is 0 Å². The van der Waals surface area contributed by atoms with E-state index in [0.717, 1.165) is 16.8 Å². The van der Waals surface area contributed by atoms with Crippen LogP contribution in [0, 0.1) is 0 Å². The van der Waals surface area contributed by atoms with Crippen LogP contribution in [-0.4, -0.2) is 13.7 Å². The van der Waals surface area contributed by atoms with Crippen LogP contribution in [0.25, 0.3) is 0 Å². The molecule has 21 heavy (non-hydrogen) atoms. The first-order valence-electron chi connectivity index (χ1n) is 8.29. The van der Waals surface area contributed by atoms with E-state index in [-0.39, 0.29) is 0 Å². The number of hydrogen-bond acceptors (Lipinski definition) is 2. The summed E-state index contributed by atoms with van der Waals surface area (Å²) >= 11 is 3.69. The fourth-order valence-corrected chi connectivity index (χ4v) is 3.19. The molecule has 1 aromatic rings. The van der Waals surface area contributed by atoms with Crippen molar-refractivity contribution < 1.29 is 4.74 Å². The second kappa shape index (κ2) is 11.1. The van der Waals surface area contributed by atoms with E-state index in [1.807, 2.05) is 0 Å². The molecule has 0 bridgehead atoms. The summed E-state index contributed by atoms with van der Waals surface area (Å²) in [6.07, 6.45) is 9.03. The Labute approximate surface area is 138 Å². The summed E-state index contributed by atoms with van der Waals surface area (Å²) < 4.78 is 6.43. The minimum absolute atomic E-state index is 0.437. The van der Waals surface area contributed by atoms with Crippen LogP contribution in [0.5, 0.6) is 5.75 Å². The van der Waals surface area contributed by atoms with Crippen molar-refractivity contribution in [1.29, 1.82) is 0 Å². The molecule has 0 fully saturated rings. The molecule has 0 amide bonds. The molecular formula is C18H30BrNO. The molecule has 1 N–H and O–H groups in total. The monoisotopic (exact) mass is 355 g/mol. The smallest absolute Gasteiger partial charge is 0.120 e. The molecular weight excluding hydrogens is 326 g/mol.